The highest BCUT2D eigenvalue weighted by atomic mass is 16.2. The summed E-state index contributed by atoms with van der Waals surface area (Å²) in [6.45, 7) is 7.84. The van der Waals surface area contributed by atoms with Crippen LogP contribution in [0.15, 0.2) is 10.9 Å². The number of nitrogens with one attached hydrogen (secondary N) is 2. The molecule has 1 amide bonds. The van der Waals surface area contributed by atoms with Crippen molar-refractivity contribution in [1.82, 2.24) is 19.7 Å². The molecule has 2 N–H and O–H groups in total. The second kappa shape index (κ2) is 9.37. The van der Waals surface area contributed by atoms with Crippen molar-refractivity contribution in [2.75, 3.05) is 5.32 Å². The van der Waals surface area contributed by atoms with Crippen molar-refractivity contribution in [2.24, 2.45) is 11.8 Å². The number of hydrogen-bond donors (Lipinski definition) is 2. The SMILES string of the molecule is CCCCC1CCC(C(=O)Nc2cc(C)nn2-c2nc(C)c(CC)c(=O)[nH]2)CC1. The van der Waals surface area contributed by atoms with Gasteiger partial charge in [-0.3, -0.25) is 14.6 Å². The van der Waals surface area contributed by atoms with Gasteiger partial charge in [0.15, 0.2) is 0 Å². The van der Waals surface area contributed by atoms with Gasteiger partial charge in [-0.05, 0) is 51.9 Å². The Morgan fingerprint density at radius 3 is 2.59 bits per heavy atom. The van der Waals surface area contributed by atoms with Gasteiger partial charge in [0.25, 0.3) is 5.56 Å². The number of nitrogens with zero attached hydrogens (tertiary/aromatic N) is 3. The molecule has 29 heavy (non-hydrogen) atoms. The van der Waals surface area contributed by atoms with E-state index in [0.29, 0.717) is 29.4 Å². The molecule has 1 fully saturated rings. The number of unbranched alkanes of at least 4 members (excludes halogenated alkanes) is 1. The van der Waals surface area contributed by atoms with Gasteiger partial charge < -0.3 is 5.32 Å². The summed E-state index contributed by atoms with van der Waals surface area (Å²) in [5, 5.41) is 7.46. The monoisotopic (exact) mass is 399 g/mol. The molecule has 3 rings (SSSR count). The number of anilines is 1. The van der Waals surface area contributed by atoms with Crippen molar-refractivity contribution in [3.8, 4) is 5.95 Å². The van der Waals surface area contributed by atoms with Gasteiger partial charge in [0.1, 0.15) is 5.82 Å². The molecule has 2 heterocycles. The first-order valence-corrected chi connectivity index (χ1v) is 10.9. The van der Waals surface area contributed by atoms with Crippen LogP contribution < -0.4 is 10.9 Å². The number of aryl methyl sites for hydroxylation is 2. The van der Waals surface area contributed by atoms with Crippen LogP contribution in [-0.4, -0.2) is 25.7 Å². The highest BCUT2D eigenvalue weighted by molar-refractivity contribution is 5.92. The average Bonchev–Trinajstić information content (AvgIpc) is 3.06. The number of aromatic amines is 1. The van der Waals surface area contributed by atoms with E-state index in [4.69, 9.17) is 0 Å². The van der Waals surface area contributed by atoms with Crippen molar-refractivity contribution in [2.45, 2.75) is 79.1 Å². The Labute approximate surface area is 172 Å². The normalized spacial score (nSPS) is 19.3. The fourth-order valence-corrected chi connectivity index (χ4v) is 4.30. The molecule has 158 valence electrons. The smallest absolute Gasteiger partial charge is 0.255 e. The van der Waals surface area contributed by atoms with Crippen LogP contribution in [0.3, 0.4) is 0 Å². The zero-order valence-electron chi connectivity index (χ0n) is 18.0. The molecule has 1 aliphatic carbocycles. The lowest BCUT2D eigenvalue weighted by Crippen LogP contribution is -2.28. The Bertz CT molecular complexity index is 906. The molecule has 0 bridgehead atoms. The quantitative estimate of drug-likeness (QED) is 0.734. The first kappa shape index (κ1) is 21.3. The molecule has 2 aromatic rings. The Hall–Kier alpha value is -2.44. The highest BCUT2D eigenvalue weighted by Gasteiger charge is 2.27. The van der Waals surface area contributed by atoms with Crippen LogP contribution in [0.25, 0.3) is 5.95 Å². The third-order valence-electron chi connectivity index (χ3n) is 6.03. The molecule has 0 aliphatic heterocycles. The maximum atomic E-state index is 12.9. The predicted octanol–water partition coefficient (Wildman–Crippen LogP) is 4.07. The Balaban J connectivity index is 1.73. The molecule has 0 unspecified atom stereocenters. The molecule has 0 radical (unpaired) electrons. The molecule has 0 aromatic carbocycles. The molecule has 1 aliphatic rings. The zero-order valence-corrected chi connectivity index (χ0v) is 18.0. The predicted molar refractivity (Wildman–Crippen MR) is 114 cm³/mol. The van der Waals surface area contributed by atoms with Gasteiger partial charge in [0.2, 0.25) is 11.9 Å². The second-order valence-corrected chi connectivity index (χ2v) is 8.24. The minimum absolute atomic E-state index is 0.0318. The zero-order chi connectivity index (χ0) is 21.0. The van der Waals surface area contributed by atoms with Crippen LogP contribution in [0, 0.1) is 25.7 Å². The van der Waals surface area contributed by atoms with Gasteiger partial charge in [-0.25, -0.2) is 4.98 Å². The molecule has 0 spiro atoms. The fraction of sp³-hybridized carbons (Fsp3) is 0.636. The van der Waals surface area contributed by atoms with Gasteiger partial charge in [0.05, 0.1) is 5.69 Å². The topological polar surface area (TPSA) is 92.7 Å². The standard InChI is InChI=1S/C22H33N5O2/c1-5-7-8-16-9-11-17(12-10-16)20(28)24-19-13-14(3)26-27(19)22-23-15(4)18(6-2)21(29)25-22/h13,16-17H,5-12H2,1-4H3,(H,24,28)(H,23,25,29). The first-order chi connectivity index (χ1) is 13.9. The van der Waals surface area contributed by atoms with Gasteiger partial charge in [-0.1, -0.05) is 33.1 Å². The van der Waals surface area contributed by atoms with Crippen molar-refractivity contribution in [3.63, 3.8) is 0 Å². The van der Waals surface area contributed by atoms with Crippen molar-refractivity contribution in [1.29, 1.82) is 0 Å². The minimum Gasteiger partial charge on any atom is -0.310 e. The molecular weight excluding hydrogens is 366 g/mol. The largest absolute Gasteiger partial charge is 0.310 e. The third-order valence-corrected chi connectivity index (χ3v) is 6.03. The van der Waals surface area contributed by atoms with E-state index in [1.807, 2.05) is 26.8 Å². The van der Waals surface area contributed by atoms with E-state index in [-0.39, 0.29) is 17.4 Å². The van der Waals surface area contributed by atoms with Gasteiger partial charge in [0, 0.05) is 23.2 Å². The summed E-state index contributed by atoms with van der Waals surface area (Å²) in [5.41, 5.74) is 1.94. The van der Waals surface area contributed by atoms with Gasteiger partial charge >= 0.3 is 0 Å². The molecule has 0 saturated heterocycles. The Morgan fingerprint density at radius 1 is 1.24 bits per heavy atom. The molecule has 7 heteroatoms. The molecule has 1 saturated carbocycles. The number of aromatic nitrogens is 4. The van der Waals surface area contributed by atoms with Gasteiger partial charge in [-0.15, -0.1) is 0 Å². The Morgan fingerprint density at radius 2 is 1.97 bits per heavy atom. The molecule has 7 nitrogen and oxygen atoms in total. The molecule has 2 aromatic heterocycles. The van der Waals surface area contributed by atoms with E-state index in [2.05, 4.69) is 27.3 Å². The van der Waals surface area contributed by atoms with Crippen molar-refractivity contribution >= 4 is 11.7 Å². The van der Waals surface area contributed by atoms with E-state index in [1.54, 1.807) is 0 Å². The van der Waals surface area contributed by atoms with E-state index in [9.17, 15) is 9.59 Å². The first-order valence-electron chi connectivity index (χ1n) is 10.9. The third kappa shape index (κ3) is 4.95. The minimum atomic E-state index is -0.161. The van der Waals surface area contributed by atoms with Crippen molar-refractivity contribution < 1.29 is 4.79 Å². The number of H-pyrrole nitrogens is 1. The van der Waals surface area contributed by atoms with E-state index in [1.165, 1.54) is 23.9 Å². The summed E-state index contributed by atoms with van der Waals surface area (Å²) in [7, 11) is 0. The maximum Gasteiger partial charge on any atom is 0.255 e. The number of carbonyl (C=O) groups is 1. The maximum absolute atomic E-state index is 12.9. The summed E-state index contributed by atoms with van der Waals surface area (Å²) < 4.78 is 1.52. The lowest BCUT2D eigenvalue weighted by Gasteiger charge is -2.27. The number of rotatable bonds is 7. The van der Waals surface area contributed by atoms with E-state index < -0.39 is 0 Å². The number of hydrogen-bond acceptors (Lipinski definition) is 4. The van der Waals surface area contributed by atoms with Crippen LogP contribution in [0.1, 0.15) is 75.7 Å². The van der Waals surface area contributed by atoms with Crippen LogP contribution in [0.2, 0.25) is 0 Å². The molecule has 0 atom stereocenters. The summed E-state index contributed by atoms with van der Waals surface area (Å²) in [4.78, 5) is 32.5. The van der Waals surface area contributed by atoms with E-state index >= 15 is 0 Å². The lowest BCUT2D eigenvalue weighted by molar-refractivity contribution is -0.121. The van der Waals surface area contributed by atoms with Crippen LogP contribution in [0.5, 0.6) is 0 Å². The number of carbonyl (C=O) groups excluding carboxylic acids is 1. The van der Waals surface area contributed by atoms with Crippen molar-refractivity contribution in [3.05, 3.63) is 33.4 Å². The fourth-order valence-electron chi connectivity index (χ4n) is 4.30. The van der Waals surface area contributed by atoms with Crippen LogP contribution in [0.4, 0.5) is 5.82 Å². The summed E-state index contributed by atoms with van der Waals surface area (Å²) in [5.74, 6) is 1.71. The van der Waals surface area contributed by atoms with Gasteiger partial charge in [-0.2, -0.15) is 9.78 Å². The van der Waals surface area contributed by atoms with E-state index in [0.717, 1.165) is 37.3 Å². The summed E-state index contributed by atoms with van der Waals surface area (Å²) >= 11 is 0. The highest BCUT2D eigenvalue weighted by Crippen LogP contribution is 2.32. The Kier molecular flexibility index (Phi) is 6.87. The second-order valence-electron chi connectivity index (χ2n) is 8.24. The summed E-state index contributed by atoms with van der Waals surface area (Å²) in [6, 6.07) is 1.81. The van der Waals surface area contributed by atoms with Crippen LogP contribution in [-0.2, 0) is 11.2 Å². The lowest BCUT2D eigenvalue weighted by atomic mass is 9.79. The van der Waals surface area contributed by atoms with Crippen LogP contribution >= 0.6 is 0 Å². The molecular formula is C22H33N5O2. The summed E-state index contributed by atoms with van der Waals surface area (Å²) in [6.07, 6.45) is 8.55. The average molecular weight is 400 g/mol. The number of amides is 1.